The van der Waals surface area contributed by atoms with Gasteiger partial charge in [-0.1, -0.05) is 6.92 Å². The maximum atomic E-state index is 5.06. The highest BCUT2D eigenvalue weighted by Crippen LogP contribution is 2.13. The third kappa shape index (κ3) is 10.1. The lowest BCUT2D eigenvalue weighted by Crippen LogP contribution is -2.42. The van der Waals surface area contributed by atoms with E-state index in [1.165, 1.54) is 9.88 Å². The maximum Gasteiger partial charge on any atom is 0.191 e. The number of nitrogens with one attached hydrogen (secondary N) is 2. The Morgan fingerprint density at radius 2 is 2.09 bits per heavy atom. The fourth-order valence-electron chi connectivity index (χ4n) is 1.86. The number of hydrogen-bond donors (Lipinski definition) is 2. The molecule has 0 amide bonds. The van der Waals surface area contributed by atoms with Crippen molar-refractivity contribution in [3.8, 4) is 0 Å². The first-order valence-electron chi connectivity index (χ1n) is 7.75. The first-order chi connectivity index (χ1) is 10.7. The molecule has 0 saturated heterocycles. The van der Waals surface area contributed by atoms with Crippen molar-refractivity contribution >= 4 is 41.3 Å². The fraction of sp³-hybridized carbons (Fsp3) is 0.733. The van der Waals surface area contributed by atoms with Crippen LogP contribution in [-0.2, 0) is 17.6 Å². The summed E-state index contributed by atoms with van der Waals surface area (Å²) in [4.78, 5) is 12.2. The number of aryl methyl sites for hydroxylation is 1. The summed E-state index contributed by atoms with van der Waals surface area (Å²) in [6.07, 6.45) is 3.97. The van der Waals surface area contributed by atoms with Crippen LogP contribution in [0.1, 0.15) is 16.8 Å². The first-order valence-corrected chi connectivity index (χ1v) is 8.56. The molecule has 0 aliphatic rings. The molecule has 0 aromatic carbocycles. The molecule has 1 aromatic rings. The Balaban J connectivity index is 0.00000484. The molecular formula is C15H30IN5OS. The molecule has 1 heterocycles. The van der Waals surface area contributed by atoms with Gasteiger partial charge >= 0.3 is 0 Å². The van der Waals surface area contributed by atoms with Crippen molar-refractivity contribution in [1.82, 2.24) is 20.5 Å². The van der Waals surface area contributed by atoms with E-state index in [0.717, 1.165) is 51.6 Å². The first kappa shape index (κ1) is 22.6. The van der Waals surface area contributed by atoms with Gasteiger partial charge in [-0.05, 0) is 13.5 Å². The molecule has 1 aromatic heterocycles. The summed E-state index contributed by atoms with van der Waals surface area (Å²) in [5.41, 5.74) is 0. The lowest BCUT2D eigenvalue weighted by atomic mass is 10.4. The SMILES string of the molecule is CCc1cnc(CCNC(=NC)NCCN(C)CCOC)s1.I. The van der Waals surface area contributed by atoms with E-state index in [1.54, 1.807) is 25.5 Å². The zero-order valence-electron chi connectivity index (χ0n) is 14.6. The predicted molar refractivity (Wildman–Crippen MR) is 109 cm³/mol. The Bertz CT molecular complexity index is 441. The molecule has 0 saturated carbocycles. The number of ether oxygens (including phenoxy) is 1. The maximum absolute atomic E-state index is 5.06. The van der Waals surface area contributed by atoms with Gasteiger partial charge in [0.05, 0.1) is 11.6 Å². The number of hydrogen-bond acceptors (Lipinski definition) is 5. The van der Waals surface area contributed by atoms with Gasteiger partial charge in [-0.3, -0.25) is 4.99 Å². The number of rotatable bonds is 10. The molecule has 23 heavy (non-hydrogen) atoms. The molecule has 6 nitrogen and oxygen atoms in total. The topological polar surface area (TPSA) is 61.8 Å². The lowest BCUT2D eigenvalue weighted by Gasteiger charge is -2.17. The number of aromatic nitrogens is 1. The van der Waals surface area contributed by atoms with Gasteiger partial charge in [0, 0.05) is 57.8 Å². The molecular weight excluding hydrogens is 425 g/mol. The molecule has 0 fully saturated rings. The Kier molecular flexibility index (Phi) is 13.7. The van der Waals surface area contributed by atoms with Gasteiger partial charge in [-0.25, -0.2) is 4.98 Å². The second-order valence-corrected chi connectivity index (χ2v) is 6.25. The quantitative estimate of drug-likeness (QED) is 0.319. The summed E-state index contributed by atoms with van der Waals surface area (Å²) in [6, 6.07) is 0. The Morgan fingerprint density at radius 3 is 2.70 bits per heavy atom. The number of guanidine groups is 1. The minimum Gasteiger partial charge on any atom is -0.383 e. The molecule has 0 unspecified atom stereocenters. The van der Waals surface area contributed by atoms with Crippen LogP contribution in [0.2, 0.25) is 0 Å². The largest absolute Gasteiger partial charge is 0.383 e. The highest BCUT2D eigenvalue weighted by atomic mass is 127. The molecule has 0 aliphatic heterocycles. The number of thiazole rings is 1. The van der Waals surface area contributed by atoms with Crippen LogP contribution in [0.15, 0.2) is 11.2 Å². The highest BCUT2D eigenvalue weighted by Gasteiger charge is 2.02. The van der Waals surface area contributed by atoms with Gasteiger partial charge in [0.2, 0.25) is 0 Å². The number of aliphatic imine (C=N–C) groups is 1. The summed E-state index contributed by atoms with van der Waals surface area (Å²) >= 11 is 1.79. The summed E-state index contributed by atoms with van der Waals surface area (Å²) in [5, 5.41) is 7.82. The summed E-state index contributed by atoms with van der Waals surface area (Å²) in [6.45, 7) is 6.51. The lowest BCUT2D eigenvalue weighted by molar-refractivity contribution is 0.162. The van der Waals surface area contributed by atoms with Crippen LogP contribution in [0, 0.1) is 0 Å². The van der Waals surface area contributed by atoms with Crippen LogP contribution >= 0.6 is 35.3 Å². The summed E-state index contributed by atoms with van der Waals surface area (Å²) < 4.78 is 5.06. The van der Waals surface area contributed by atoms with Crippen molar-refractivity contribution in [2.24, 2.45) is 4.99 Å². The molecule has 0 radical (unpaired) electrons. The average molecular weight is 455 g/mol. The molecule has 134 valence electrons. The van der Waals surface area contributed by atoms with E-state index in [2.05, 4.69) is 39.5 Å². The van der Waals surface area contributed by atoms with Crippen molar-refractivity contribution in [3.05, 3.63) is 16.1 Å². The second-order valence-electron chi connectivity index (χ2n) is 5.05. The average Bonchev–Trinajstić information content (AvgIpc) is 2.99. The minimum atomic E-state index is 0. The van der Waals surface area contributed by atoms with Gasteiger partial charge in [0.15, 0.2) is 5.96 Å². The van der Waals surface area contributed by atoms with Crippen molar-refractivity contribution in [1.29, 1.82) is 0 Å². The minimum absolute atomic E-state index is 0. The Hall–Kier alpha value is -0.450. The smallest absolute Gasteiger partial charge is 0.191 e. The highest BCUT2D eigenvalue weighted by molar-refractivity contribution is 14.0. The van der Waals surface area contributed by atoms with E-state index >= 15 is 0 Å². The Labute approximate surface area is 161 Å². The van der Waals surface area contributed by atoms with Crippen molar-refractivity contribution in [3.63, 3.8) is 0 Å². The molecule has 0 spiro atoms. The fourth-order valence-corrected chi connectivity index (χ4v) is 2.72. The van der Waals surface area contributed by atoms with Gasteiger partial charge < -0.3 is 20.3 Å². The Morgan fingerprint density at radius 1 is 1.35 bits per heavy atom. The molecule has 0 aliphatic carbocycles. The third-order valence-electron chi connectivity index (χ3n) is 3.27. The van der Waals surface area contributed by atoms with Gasteiger partial charge in [0.25, 0.3) is 0 Å². The third-order valence-corrected chi connectivity index (χ3v) is 4.47. The molecule has 0 atom stereocenters. The van der Waals surface area contributed by atoms with Crippen molar-refractivity contribution in [2.45, 2.75) is 19.8 Å². The zero-order valence-corrected chi connectivity index (χ0v) is 17.7. The van der Waals surface area contributed by atoms with Gasteiger partial charge in [-0.2, -0.15) is 0 Å². The van der Waals surface area contributed by atoms with Crippen LogP contribution in [0.3, 0.4) is 0 Å². The number of halogens is 1. The predicted octanol–water partition coefficient (Wildman–Crippen LogP) is 1.61. The van der Waals surface area contributed by atoms with E-state index in [1.807, 2.05) is 6.20 Å². The standard InChI is InChI=1S/C15H29N5OS.HI/c1-5-13-12-19-14(22-13)6-7-17-15(16-2)18-8-9-20(3)10-11-21-4;/h12H,5-11H2,1-4H3,(H2,16,17,18);1H. The summed E-state index contributed by atoms with van der Waals surface area (Å²) in [5.74, 6) is 0.840. The van der Waals surface area contributed by atoms with Crippen molar-refractivity contribution < 1.29 is 4.74 Å². The van der Waals surface area contributed by atoms with E-state index in [4.69, 9.17) is 4.74 Å². The molecule has 1 rings (SSSR count). The number of likely N-dealkylation sites (N-methyl/N-ethyl adjacent to an activating group) is 1. The normalized spacial score (nSPS) is 11.4. The molecule has 0 bridgehead atoms. The summed E-state index contributed by atoms with van der Waals surface area (Å²) in [7, 11) is 5.61. The van der Waals surface area contributed by atoms with Crippen LogP contribution in [0.4, 0.5) is 0 Å². The number of nitrogens with zero attached hydrogens (tertiary/aromatic N) is 3. The van der Waals surface area contributed by atoms with E-state index in [0.29, 0.717) is 0 Å². The van der Waals surface area contributed by atoms with Crippen LogP contribution in [0.25, 0.3) is 0 Å². The van der Waals surface area contributed by atoms with Crippen LogP contribution in [-0.4, -0.2) is 69.8 Å². The molecule has 2 N–H and O–H groups in total. The van der Waals surface area contributed by atoms with Gasteiger partial charge in [0.1, 0.15) is 0 Å². The van der Waals surface area contributed by atoms with Crippen molar-refractivity contribution in [2.75, 3.05) is 54.0 Å². The monoisotopic (exact) mass is 455 g/mol. The van der Waals surface area contributed by atoms with E-state index < -0.39 is 0 Å². The van der Waals surface area contributed by atoms with E-state index in [9.17, 15) is 0 Å². The number of methoxy groups -OCH3 is 1. The second kappa shape index (κ2) is 13.9. The van der Waals surface area contributed by atoms with E-state index in [-0.39, 0.29) is 24.0 Å². The van der Waals surface area contributed by atoms with Crippen LogP contribution in [0.5, 0.6) is 0 Å². The van der Waals surface area contributed by atoms with Gasteiger partial charge in [-0.15, -0.1) is 35.3 Å². The zero-order chi connectivity index (χ0) is 16.2. The van der Waals surface area contributed by atoms with Crippen LogP contribution < -0.4 is 10.6 Å². The molecule has 8 heteroatoms.